The highest BCUT2D eigenvalue weighted by Gasteiger charge is 2.15. The molecule has 0 aliphatic rings. The van der Waals surface area contributed by atoms with Crippen molar-refractivity contribution in [2.24, 2.45) is 0 Å². The van der Waals surface area contributed by atoms with Crippen LogP contribution >= 0.6 is 0 Å². The maximum Gasteiger partial charge on any atom is 0.384 e. The van der Waals surface area contributed by atoms with Crippen LogP contribution in [0.5, 0.6) is 0 Å². The largest absolute Gasteiger partial charge is 0.394 e. The number of hydrogen-bond donors (Lipinski definition) is 1. The van der Waals surface area contributed by atoms with Gasteiger partial charge in [0.15, 0.2) is 0 Å². The Morgan fingerprint density at radius 1 is 1.14 bits per heavy atom. The van der Waals surface area contributed by atoms with Gasteiger partial charge in [-0.15, -0.1) is 0 Å². The predicted octanol–water partition coefficient (Wildman–Crippen LogP) is 1.94. The summed E-state index contributed by atoms with van der Waals surface area (Å²) in [7, 11) is -1.000. The molecule has 4 heteroatoms. The van der Waals surface area contributed by atoms with Crippen molar-refractivity contribution in [1.82, 2.24) is 5.32 Å². The second-order valence-electron chi connectivity index (χ2n) is 3.24. The maximum absolute atomic E-state index is 5.56. The highest BCUT2D eigenvalue weighted by molar-refractivity contribution is 6.44. The summed E-state index contributed by atoms with van der Waals surface area (Å²) in [5.74, 6) is 0. The zero-order valence-corrected chi connectivity index (χ0v) is 10.9. The summed E-state index contributed by atoms with van der Waals surface area (Å²) in [6, 6.07) is 1.64. The molecule has 0 heterocycles. The van der Waals surface area contributed by atoms with Crippen LogP contribution in [0.3, 0.4) is 0 Å². The van der Waals surface area contributed by atoms with E-state index in [2.05, 4.69) is 19.2 Å². The molecule has 0 spiro atoms. The number of hydrogen-bond acceptors (Lipinski definition) is 3. The molecule has 85 valence electrons. The van der Waals surface area contributed by atoms with Crippen LogP contribution in [0.25, 0.3) is 0 Å². The summed E-state index contributed by atoms with van der Waals surface area (Å²) in [4.78, 5) is 0. The summed E-state index contributed by atoms with van der Waals surface area (Å²) in [6.07, 6.45) is 1.14. The van der Waals surface area contributed by atoms with Gasteiger partial charge in [-0.05, 0) is 39.8 Å². The first-order chi connectivity index (χ1) is 6.74. The van der Waals surface area contributed by atoms with E-state index in [-0.39, 0.29) is 0 Å². The standard InChI is InChI=1S/C10H24NO2Si/c1-5-11-10(4)8-9-14(12-6-2)13-7-3/h10-11H,5-9H2,1-4H3. The van der Waals surface area contributed by atoms with E-state index in [1.165, 1.54) is 0 Å². The van der Waals surface area contributed by atoms with Crippen LogP contribution in [0.2, 0.25) is 6.04 Å². The summed E-state index contributed by atoms with van der Waals surface area (Å²) < 4.78 is 11.1. The lowest BCUT2D eigenvalue weighted by Gasteiger charge is -2.16. The van der Waals surface area contributed by atoms with Gasteiger partial charge in [-0.1, -0.05) is 6.92 Å². The number of nitrogens with one attached hydrogen (secondary N) is 1. The molecule has 0 aromatic heterocycles. The van der Waals surface area contributed by atoms with Gasteiger partial charge in [-0.3, -0.25) is 0 Å². The van der Waals surface area contributed by atoms with Gasteiger partial charge in [-0.2, -0.15) is 0 Å². The third-order valence-electron chi connectivity index (χ3n) is 1.94. The zero-order valence-electron chi connectivity index (χ0n) is 9.93. The van der Waals surface area contributed by atoms with Crippen molar-refractivity contribution in [3.05, 3.63) is 0 Å². The second-order valence-corrected chi connectivity index (χ2v) is 5.06. The minimum absolute atomic E-state index is 0.570. The number of rotatable bonds is 9. The van der Waals surface area contributed by atoms with Gasteiger partial charge in [0.1, 0.15) is 0 Å². The Bertz CT molecular complexity index is 119. The van der Waals surface area contributed by atoms with Crippen LogP contribution in [0.15, 0.2) is 0 Å². The molecule has 1 unspecified atom stereocenters. The first-order valence-electron chi connectivity index (χ1n) is 5.59. The van der Waals surface area contributed by atoms with Crippen molar-refractivity contribution in [3.63, 3.8) is 0 Å². The molecule has 0 aromatic rings. The average molecular weight is 218 g/mol. The van der Waals surface area contributed by atoms with Crippen LogP contribution in [-0.2, 0) is 8.85 Å². The van der Waals surface area contributed by atoms with E-state index in [0.717, 1.165) is 32.2 Å². The Morgan fingerprint density at radius 2 is 1.71 bits per heavy atom. The van der Waals surface area contributed by atoms with Crippen LogP contribution in [0, 0.1) is 0 Å². The van der Waals surface area contributed by atoms with Gasteiger partial charge in [0.25, 0.3) is 0 Å². The van der Waals surface area contributed by atoms with E-state index in [0.29, 0.717) is 6.04 Å². The van der Waals surface area contributed by atoms with Gasteiger partial charge in [0.05, 0.1) is 0 Å². The normalized spacial score (nSPS) is 13.5. The quantitative estimate of drug-likeness (QED) is 0.600. The van der Waals surface area contributed by atoms with E-state index in [4.69, 9.17) is 8.85 Å². The molecule has 0 bridgehead atoms. The molecule has 0 fully saturated rings. The fourth-order valence-corrected chi connectivity index (χ4v) is 2.98. The molecule has 1 atom stereocenters. The van der Waals surface area contributed by atoms with Gasteiger partial charge in [-0.25, -0.2) is 0 Å². The Balaban J connectivity index is 3.57. The predicted molar refractivity (Wildman–Crippen MR) is 61.6 cm³/mol. The maximum atomic E-state index is 5.56. The molecule has 0 aliphatic heterocycles. The van der Waals surface area contributed by atoms with Gasteiger partial charge in [0, 0.05) is 19.3 Å². The molecule has 0 saturated carbocycles. The molecule has 0 saturated heterocycles. The fourth-order valence-electron chi connectivity index (χ4n) is 1.29. The molecule has 14 heavy (non-hydrogen) atoms. The minimum Gasteiger partial charge on any atom is -0.394 e. The van der Waals surface area contributed by atoms with E-state index in [9.17, 15) is 0 Å². The van der Waals surface area contributed by atoms with E-state index >= 15 is 0 Å². The van der Waals surface area contributed by atoms with Crippen molar-refractivity contribution in [3.8, 4) is 0 Å². The lowest BCUT2D eigenvalue weighted by molar-refractivity contribution is 0.211. The van der Waals surface area contributed by atoms with Crippen molar-refractivity contribution in [2.45, 2.75) is 46.2 Å². The molecular formula is C10H24NO2Si. The zero-order chi connectivity index (χ0) is 10.8. The molecule has 1 radical (unpaired) electrons. The SMILES string of the molecule is CCNC(C)CC[Si](OCC)OCC. The van der Waals surface area contributed by atoms with Crippen LogP contribution < -0.4 is 5.32 Å². The third kappa shape index (κ3) is 7.50. The molecule has 0 rings (SSSR count). The van der Waals surface area contributed by atoms with Crippen molar-refractivity contribution in [1.29, 1.82) is 0 Å². The third-order valence-corrected chi connectivity index (χ3v) is 3.86. The van der Waals surface area contributed by atoms with Gasteiger partial charge in [0.2, 0.25) is 0 Å². The molecule has 0 amide bonds. The van der Waals surface area contributed by atoms with Gasteiger partial charge < -0.3 is 14.2 Å². The van der Waals surface area contributed by atoms with E-state index < -0.39 is 9.28 Å². The highest BCUT2D eigenvalue weighted by Crippen LogP contribution is 2.04. The fraction of sp³-hybridized carbons (Fsp3) is 1.00. The molecule has 0 aromatic carbocycles. The summed E-state index contributed by atoms with van der Waals surface area (Å²) in [5, 5.41) is 3.39. The van der Waals surface area contributed by atoms with Crippen molar-refractivity contribution in [2.75, 3.05) is 19.8 Å². The first kappa shape index (κ1) is 14.1. The Kier molecular flexibility index (Phi) is 9.71. The smallest absolute Gasteiger partial charge is 0.384 e. The molecular weight excluding hydrogens is 194 g/mol. The Labute approximate surface area is 90.0 Å². The monoisotopic (exact) mass is 218 g/mol. The van der Waals surface area contributed by atoms with Crippen LogP contribution in [-0.4, -0.2) is 35.1 Å². The Hall–Kier alpha value is 0.0969. The second kappa shape index (κ2) is 9.64. The van der Waals surface area contributed by atoms with Crippen molar-refractivity contribution < 1.29 is 8.85 Å². The molecule has 1 N–H and O–H groups in total. The Morgan fingerprint density at radius 3 is 2.14 bits per heavy atom. The van der Waals surface area contributed by atoms with Crippen molar-refractivity contribution >= 4 is 9.28 Å². The van der Waals surface area contributed by atoms with Crippen LogP contribution in [0.1, 0.15) is 34.1 Å². The topological polar surface area (TPSA) is 30.5 Å². The van der Waals surface area contributed by atoms with E-state index in [1.54, 1.807) is 0 Å². The van der Waals surface area contributed by atoms with E-state index in [1.807, 2.05) is 13.8 Å². The first-order valence-corrected chi connectivity index (χ1v) is 7.11. The minimum atomic E-state index is -1.000. The molecule has 0 aliphatic carbocycles. The average Bonchev–Trinajstić information content (AvgIpc) is 2.15. The lowest BCUT2D eigenvalue weighted by Crippen LogP contribution is -2.29. The van der Waals surface area contributed by atoms with Crippen LogP contribution in [0.4, 0.5) is 0 Å². The highest BCUT2D eigenvalue weighted by atomic mass is 28.3. The van der Waals surface area contributed by atoms with Gasteiger partial charge >= 0.3 is 9.28 Å². The summed E-state index contributed by atoms with van der Waals surface area (Å²) in [5.41, 5.74) is 0. The summed E-state index contributed by atoms with van der Waals surface area (Å²) in [6.45, 7) is 11.0. The summed E-state index contributed by atoms with van der Waals surface area (Å²) >= 11 is 0. The molecule has 3 nitrogen and oxygen atoms in total. The lowest BCUT2D eigenvalue weighted by atomic mass is 10.3.